The number of carbonyl (C=O) groups excluding carboxylic acids is 1. The van der Waals surface area contributed by atoms with Crippen LogP contribution in [0.3, 0.4) is 0 Å². The Hall–Kier alpha value is -1.62. The Morgan fingerprint density at radius 2 is 2.05 bits per heavy atom. The van der Waals surface area contributed by atoms with Gasteiger partial charge in [-0.05, 0) is 37.8 Å². The third-order valence-corrected chi connectivity index (χ3v) is 5.09. The lowest BCUT2D eigenvalue weighted by molar-refractivity contribution is -0.130. The normalized spacial score (nSPS) is 18.6. The van der Waals surface area contributed by atoms with E-state index >= 15 is 0 Å². The topological polar surface area (TPSA) is 46.1 Å². The van der Waals surface area contributed by atoms with E-state index in [-0.39, 0.29) is 5.91 Å². The summed E-state index contributed by atoms with van der Waals surface area (Å²) in [5.74, 6) is 1.27. The molecule has 0 radical (unpaired) electrons. The van der Waals surface area contributed by atoms with Crippen LogP contribution in [0.2, 0.25) is 0 Å². The molecule has 0 N–H and O–H groups in total. The Balaban J connectivity index is 1.68. The molecular weight excluding hydrogens is 294 g/mol. The minimum atomic E-state index is 0.214. The molecule has 1 aliphatic rings. The molecule has 3 rings (SSSR count). The van der Waals surface area contributed by atoms with Gasteiger partial charge in [-0.3, -0.25) is 4.79 Å². The van der Waals surface area contributed by atoms with Crippen LogP contribution in [-0.2, 0) is 4.79 Å². The molecule has 1 aliphatic heterocycles. The van der Waals surface area contributed by atoms with Gasteiger partial charge >= 0.3 is 0 Å². The van der Waals surface area contributed by atoms with Crippen molar-refractivity contribution in [2.75, 3.05) is 18.8 Å². The minimum Gasteiger partial charge on any atom is -0.342 e. The van der Waals surface area contributed by atoms with Gasteiger partial charge in [0.2, 0.25) is 5.91 Å². The second kappa shape index (κ2) is 6.65. The van der Waals surface area contributed by atoms with Gasteiger partial charge in [-0.1, -0.05) is 30.8 Å². The Kier molecular flexibility index (Phi) is 4.62. The number of amides is 1. The summed E-state index contributed by atoms with van der Waals surface area (Å²) in [6.07, 6.45) is 2.35. The zero-order valence-corrected chi connectivity index (χ0v) is 13.9. The lowest BCUT2D eigenvalue weighted by Crippen LogP contribution is -2.40. The predicted octanol–water partition coefficient (Wildman–Crippen LogP) is 3.29. The quantitative estimate of drug-likeness (QED) is 0.815. The number of aromatic nitrogens is 2. The van der Waals surface area contributed by atoms with Crippen molar-refractivity contribution in [2.45, 2.75) is 31.7 Å². The van der Waals surface area contributed by atoms with Gasteiger partial charge < -0.3 is 4.90 Å². The molecule has 0 aliphatic carbocycles. The first-order valence-corrected chi connectivity index (χ1v) is 8.76. The van der Waals surface area contributed by atoms with Gasteiger partial charge in [0.05, 0.1) is 22.5 Å². The van der Waals surface area contributed by atoms with Crippen molar-refractivity contribution in [3.63, 3.8) is 0 Å². The Labute approximate surface area is 135 Å². The summed E-state index contributed by atoms with van der Waals surface area (Å²) in [7, 11) is 0. The molecule has 0 spiro atoms. The van der Waals surface area contributed by atoms with Crippen molar-refractivity contribution in [2.24, 2.45) is 5.92 Å². The highest BCUT2D eigenvalue weighted by molar-refractivity contribution is 7.99. The van der Waals surface area contributed by atoms with Crippen LogP contribution in [0.4, 0.5) is 0 Å². The number of rotatable bonds is 3. The maximum Gasteiger partial charge on any atom is 0.232 e. The summed E-state index contributed by atoms with van der Waals surface area (Å²) in [5, 5.41) is 0.858. The number of fused-ring (bicyclic) bond motifs is 1. The van der Waals surface area contributed by atoms with Crippen molar-refractivity contribution in [3.05, 3.63) is 30.0 Å². The van der Waals surface area contributed by atoms with Crippen LogP contribution in [0.15, 0.2) is 29.3 Å². The molecule has 0 saturated carbocycles. The van der Waals surface area contributed by atoms with Gasteiger partial charge in [0.15, 0.2) is 0 Å². The number of thioether (sulfide) groups is 1. The average molecular weight is 315 g/mol. The first kappa shape index (κ1) is 15.3. The Morgan fingerprint density at radius 1 is 1.32 bits per heavy atom. The first-order chi connectivity index (χ1) is 10.6. The van der Waals surface area contributed by atoms with Crippen LogP contribution in [-0.4, -0.2) is 39.6 Å². The fourth-order valence-corrected chi connectivity index (χ4v) is 3.71. The molecule has 0 unspecified atom stereocenters. The largest absolute Gasteiger partial charge is 0.342 e. The maximum absolute atomic E-state index is 12.3. The van der Waals surface area contributed by atoms with E-state index in [1.807, 2.05) is 36.1 Å². The molecule has 2 heterocycles. The summed E-state index contributed by atoms with van der Waals surface area (Å²) in [5.41, 5.74) is 2.68. The van der Waals surface area contributed by atoms with Crippen LogP contribution in [0.1, 0.15) is 25.5 Å². The monoisotopic (exact) mass is 315 g/mol. The third kappa shape index (κ3) is 3.40. The van der Waals surface area contributed by atoms with E-state index in [0.29, 0.717) is 11.7 Å². The molecule has 116 valence electrons. The zero-order chi connectivity index (χ0) is 15.5. The molecule has 22 heavy (non-hydrogen) atoms. The number of aryl methyl sites for hydroxylation is 1. The molecule has 1 fully saturated rings. The minimum absolute atomic E-state index is 0.214. The van der Waals surface area contributed by atoms with Crippen molar-refractivity contribution < 1.29 is 4.79 Å². The van der Waals surface area contributed by atoms with E-state index in [1.54, 1.807) is 0 Å². The molecule has 1 amide bonds. The summed E-state index contributed by atoms with van der Waals surface area (Å²) in [6.45, 7) is 5.95. The van der Waals surface area contributed by atoms with E-state index in [2.05, 4.69) is 16.9 Å². The molecule has 1 saturated heterocycles. The molecule has 1 aromatic heterocycles. The van der Waals surface area contributed by atoms with Crippen LogP contribution in [0.5, 0.6) is 0 Å². The predicted molar refractivity (Wildman–Crippen MR) is 90.0 cm³/mol. The van der Waals surface area contributed by atoms with Crippen molar-refractivity contribution in [1.82, 2.24) is 14.9 Å². The fraction of sp³-hybridized carbons (Fsp3) is 0.471. The number of carbonyl (C=O) groups is 1. The summed E-state index contributed by atoms with van der Waals surface area (Å²) in [4.78, 5) is 23.5. The number of para-hydroxylation sites is 2. The highest BCUT2D eigenvalue weighted by Gasteiger charge is 2.21. The lowest BCUT2D eigenvalue weighted by Gasteiger charge is -2.30. The summed E-state index contributed by atoms with van der Waals surface area (Å²) < 4.78 is 0. The Bertz CT molecular complexity index is 689. The van der Waals surface area contributed by atoms with E-state index in [0.717, 1.165) is 41.3 Å². The standard InChI is InChI=1S/C17H21N3OS/c1-12-6-5-9-20(10-12)16(21)11-22-17-13(2)18-14-7-3-4-8-15(14)19-17/h3-4,7-8,12H,5-6,9-11H2,1-2H3/t12-/m1/s1. The lowest BCUT2D eigenvalue weighted by atomic mass is 10.0. The van der Waals surface area contributed by atoms with Crippen LogP contribution in [0, 0.1) is 12.8 Å². The number of hydrogen-bond donors (Lipinski definition) is 0. The average Bonchev–Trinajstić information content (AvgIpc) is 2.52. The zero-order valence-electron chi connectivity index (χ0n) is 13.1. The Morgan fingerprint density at radius 3 is 2.77 bits per heavy atom. The van der Waals surface area contributed by atoms with Crippen molar-refractivity contribution in [3.8, 4) is 0 Å². The van der Waals surface area contributed by atoms with Crippen LogP contribution < -0.4 is 0 Å². The van der Waals surface area contributed by atoms with Crippen molar-refractivity contribution in [1.29, 1.82) is 0 Å². The number of likely N-dealkylation sites (tertiary alicyclic amines) is 1. The third-order valence-electron chi connectivity index (χ3n) is 4.04. The van der Waals surface area contributed by atoms with E-state index in [1.165, 1.54) is 18.2 Å². The van der Waals surface area contributed by atoms with E-state index < -0.39 is 0 Å². The molecule has 1 aromatic carbocycles. The van der Waals surface area contributed by atoms with Gasteiger partial charge in [-0.15, -0.1) is 0 Å². The van der Waals surface area contributed by atoms with Gasteiger partial charge in [0.25, 0.3) is 0 Å². The second-order valence-electron chi connectivity index (χ2n) is 5.98. The molecule has 0 bridgehead atoms. The van der Waals surface area contributed by atoms with Gasteiger partial charge in [0.1, 0.15) is 5.03 Å². The fourth-order valence-electron chi connectivity index (χ4n) is 2.85. The van der Waals surface area contributed by atoms with Gasteiger partial charge in [0, 0.05) is 13.1 Å². The number of piperidine rings is 1. The molecule has 1 atom stereocenters. The number of hydrogen-bond acceptors (Lipinski definition) is 4. The molecular formula is C17H21N3OS. The van der Waals surface area contributed by atoms with Gasteiger partial charge in [-0.2, -0.15) is 0 Å². The number of benzene rings is 1. The van der Waals surface area contributed by atoms with E-state index in [9.17, 15) is 4.79 Å². The highest BCUT2D eigenvalue weighted by Crippen LogP contribution is 2.23. The number of nitrogens with zero attached hydrogens (tertiary/aromatic N) is 3. The van der Waals surface area contributed by atoms with Crippen molar-refractivity contribution >= 4 is 28.7 Å². The van der Waals surface area contributed by atoms with E-state index in [4.69, 9.17) is 0 Å². The smallest absolute Gasteiger partial charge is 0.232 e. The van der Waals surface area contributed by atoms with Gasteiger partial charge in [-0.25, -0.2) is 9.97 Å². The molecule has 5 heteroatoms. The molecule has 4 nitrogen and oxygen atoms in total. The second-order valence-corrected chi connectivity index (χ2v) is 6.94. The first-order valence-electron chi connectivity index (χ1n) is 7.77. The molecule has 2 aromatic rings. The van der Waals surface area contributed by atoms with Crippen LogP contribution in [0.25, 0.3) is 11.0 Å². The maximum atomic E-state index is 12.3. The summed E-state index contributed by atoms with van der Waals surface area (Å²) in [6, 6.07) is 7.84. The van der Waals surface area contributed by atoms with Crippen LogP contribution >= 0.6 is 11.8 Å². The SMILES string of the molecule is Cc1nc2ccccc2nc1SCC(=O)N1CCC[C@@H](C)C1. The summed E-state index contributed by atoms with van der Waals surface area (Å²) >= 11 is 1.50. The highest BCUT2D eigenvalue weighted by atomic mass is 32.2.